The molecule has 2 aliphatic rings. The number of carbonyl (C=O) groups is 3. The summed E-state index contributed by atoms with van der Waals surface area (Å²) in [6.07, 6.45) is 2.92. The van der Waals surface area contributed by atoms with Crippen LogP contribution in [0.3, 0.4) is 0 Å². The van der Waals surface area contributed by atoms with E-state index in [1.54, 1.807) is 6.92 Å². The summed E-state index contributed by atoms with van der Waals surface area (Å²) in [6, 6.07) is -0.466. The molecule has 86 valence electrons. The van der Waals surface area contributed by atoms with Crippen LogP contribution in [0.1, 0.15) is 26.2 Å². The number of carboxylic acid groups (broad SMARTS) is 1. The number of amides is 2. The van der Waals surface area contributed by atoms with Crippen molar-refractivity contribution < 1.29 is 19.5 Å². The molecule has 0 saturated heterocycles. The van der Waals surface area contributed by atoms with Crippen molar-refractivity contribution in [1.82, 2.24) is 4.90 Å². The van der Waals surface area contributed by atoms with Crippen molar-refractivity contribution >= 4 is 17.8 Å². The zero-order valence-electron chi connectivity index (χ0n) is 8.97. The zero-order valence-corrected chi connectivity index (χ0v) is 8.97. The van der Waals surface area contributed by atoms with E-state index in [0.717, 1.165) is 17.7 Å². The van der Waals surface area contributed by atoms with Crippen LogP contribution in [0, 0.1) is 5.92 Å². The Morgan fingerprint density at radius 1 is 1.56 bits per heavy atom. The molecule has 2 amide bonds. The molecule has 0 aromatic rings. The fraction of sp³-hybridized carbons (Fsp3) is 0.545. The van der Waals surface area contributed by atoms with Crippen molar-refractivity contribution in [3.05, 3.63) is 11.6 Å². The standard InChI is InChI=1S/C11H13NO4/c1-6-4-9(13)12(11(6)16)8(5-10(14)15)7-2-3-7/h4,7-8H,2-3,5H2,1H3,(H,14,15). The molecule has 1 unspecified atom stereocenters. The minimum Gasteiger partial charge on any atom is -0.481 e. The Kier molecular flexibility index (Phi) is 2.53. The minimum atomic E-state index is -0.970. The normalized spacial score (nSPS) is 22.3. The van der Waals surface area contributed by atoms with Crippen molar-refractivity contribution in [3.63, 3.8) is 0 Å². The van der Waals surface area contributed by atoms with Gasteiger partial charge < -0.3 is 5.11 Å². The molecule has 1 fully saturated rings. The van der Waals surface area contributed by atoms with Crippen molar-refractivity contribution in [1.29, 1.82) is 0 Å². The molecule has 0 aromatic carbocycles. The van der Waals surface area contributed by atoms with Gasteiger partial charge in [0.2, 0.25) is 0 Å². The highest BCUT2D eigenvalue weighted by atomic mass is 16.4. The molecule has 0 spiro atoms. The summed E-state index contributed by atoms with van der Waals surface area (Å²) < 4.78 is 0. The molecule has 1 N–H and O–H groups in total. The Morgan fingerprint density at radius 3 is 2.56 bits per heavy atom. The van der Waals surface area contributed by atoms with Crippen molar-refractivity contribution in [2.75, 3.05) is 0 Å². The second kappa shape index (κ2) is 3.73. The fourth-order valence-corrected chi connectivity index (χ4v) is 2.05. The lowest BCUT2D eigenvalue weighted by atomic mass is 10.1. The number of carbonyl (C=O) groups excluding carboxylic acids is 2. The first-order valence-electron chi connectivity index (χ1n) is 5.28. The van der Waals surface area contributed by atoms with Crippen LogP contribution >= 0.6 is 0 Å². The highest BCUT2D eigenvalue weighted by Gasteiger charge is 2.43. The monoisotopic (exact) mass is 223 g/mol. The Morgan fingerprint density at radius 2 is 2.19 bits per heavy atom. The average molecular weight is 223 g/mol. The molecule has 1 aliphatic carbocycles. The highest BCUT2D eigenvalue weighted by molar-refractivity contribution is 6.16. The molecular formula is C11H13NO4. The van der Waals surface area contributed by atoms with Crippen LogP contribution in [0.4, 0.5) is 0 Å². The van der Waals surface area contributed by atoms with Gasteiger partial charge >= 0.3 is 5.97 Å². The van der Waals surface area contributed by atoms with Crippen LogP contribution < -0.4 is 0 Å². The zero-order chi connectivity index (χ0) is 11.9. The Hall–Kier alpha value is -1.65. The average Bonchev–Trinajstić information content (AvgIpc) is 2.95. The molecule has 2 rings (SSSR count). The van der Waals surface area contributed by atoms with E-state index in [2.05, 4.69) is 0 Å². The molecule has 0 bridgehead atoms. The van der Waals surface area contributed by atoms with Gasteiger partial charge in [0.05, 0.1) is 12.5 Å². The van der Waals surface area contributed by atoms with Crippen LogP contribution in [0.15, 0.2) is 11.6 Å². The van der Waals surface area contributed by atoms with Crippen LogP contribution in [-0.4, -0.2) is 33.8 Å². The number of aliphatic carboxylic acids is 1. The highest BCUT2D eigenvalue weighted by Crippen LogP contribution is 2.38. The van der Waals surface area contributed by atoms with Crippen LogP contribution in [0.5, 0.6) is 0 Å². The molecule has 5 heteroatoms. The van der Waals surface area contributed by atoms with Gasteiger partial charge in [0.25, 0.3) is 11.8 Å². The maximum absolute atomic E-state index is 11.7. The number of hydrogen-bond acceptors (Lipinski definition) is 3. The molecular weight excluding hydrogens is 210 g/mol. The predicted molar refractivity (Wildman–Crippen MR) is 54.4 cm³/mol. The van der Waals surface area contributed by atoms with Gasteiger partial charge in [-0.05, 0) is 25.7 Å². The minimum absolute atomic E-state index is 0.150. The number of imide groups is 1. The van der Waals surface area contributed by atoms with E-state index < -0.39 is 12.0 Å². The Bertz CT molecular complexity index is 395. The topological polar surface area (TPSA) is 74.7 Å². The lowest BCUT2D eigenvalue weighted by molar-refractivity contribution is -0.144. The predicted octanol–water partition coefficient (Wildman–Crippen LogP) is 0.555. The summed E-state index contributed by atoms with van der Waals surface area (Å²) >= 11 is 0. The number of hydrogen-bond donors (Lipinski definition) is 1. The van der Waals surface area contributed by atoms with Gasteiger partial charge in [-0.25, -0.2) is 0 Å². The van der Waals surface area contributed by atoms with Crippen LogP contribution in [0.2, 0.25) is 0 Å². The molecule has 16 heavy (non-hydrogen) atoms. The third kappa shape index (κ3) is 1.85. The second-order valence-electron chi connectivity index (χ2n) is 4.34. The Balaban J connectivity index is 2.18. The molecule has 1 atom stereocenters. The first-order chi connectivity index (χ1) is 7.50. The molecule has 1 heterocycles. The molecule has 5 nitrogen and oxygen atoms in total. The lowest BCUT2D eigenvalue weighted by Gasteiger charge is -2.25. The summed E-state index contributed by atoms with van der Waals surface area (Å²) in [5, 5.41) is 8.79. The van der Waals surface area contributed by atoms with Gasteiger partial charge in [-0.2, -0.15) is 0 Å². The summed E-state index contributed by atoms with van der Waals surface area (Å²) in [5.74, 6) is -1.52. The molecule has 0 radical (unpaired) electrons. The van der Waals surface area contributed by atoms with E-state index >= 15 is 0 Å². The smallest absolute Gasteiger partial charge is 0.305 e. The summed E-state index contributed by atoms with van der Waals surface area (Å²) in [4.78, 5) is 35.1. The largest absolute Gasteiger partial charge is 0.481 e. The lowest BCUT2D eigenvalue weighted by Crippen LogP contribution is -2.43. The van der Waals surface area contributed by atoms with Crippen molar-refractivity contribution in [3.8, 4) is 0 Å². The number of carboxylic acids is 1. The van der Waals surface area contributed by atoms with E-state index in [1.165, 1.54) is 6.08 Å². The SMILES string of the molecule is CC1=CC(=O)N(C(CC(=O)O)C2CC2)C1=O. The van der Waals surface area contributed by atoms with Gasteiger partial charge in [-0.1, -0.05) is 0 Å². The Labute approximate surface area is 92.7 Å². The molecule has 0 aromatic heterocycles. The van der Waals surface area contributed by atoms with Crippen LogP contribution in [0.25, 0.3) is 0 Å². The second-order valence-corrected chi connectivity index (χ2v) is 4.34. The summed E-state index contributed by atoms with van der Waals surface area (Å²) in [6.45, 7) is 1.57. The van der Waals surface area contributed by atoms with Crippen molar-refractivity contribution in [2.24, 2.45) is 5.92 Å². The van der Waals surface area contributed by atoms with Gasteiger partial charge in [-0.3, -0.25) is 19.3 Å². The van der Waals surface area contributed by atoms with Gasteiger partial charge in [0.1, 0.15) is 0 Å². The van der Waals surface area contributed by atoms with E-state index in [-0.39, 0.29) is 24.2 Å². The first-order valence-corrected chi connectivity index (χ1v) is 5.28. The van der Waals surface area contributed by atoms with Gasteiger partial charge in [0.15, 0.2) is 0 Å². The quantitative estimate of drug-likeness (QED) is 0.706. The fourth-order valence-electron chi connectivity index (χ4n) is 2.05. The third-order valence-electron chi connectivity index (χ3n) is 3.02. The van der Waals surface area contributed by atoms with Crippen molar-refractivity contribution in [2.45, 2.75) is 32.2 Å². The summed E-state index contributed by atoms with van der Waals surface area (Å²) in [5.41, 5.74) is 0.390. The summed E-state index contributed by atoms with van der Waals surface area (Å²) in [7, 11) is 0. The maximum atomic E-state index is 11.7. The van der Waals surface area contributed by atoms with E-state index in [9.17, 15) is 14.4 Å². The number of rotatable bonds is 4. The molecule has 1 aliphatic heterocycles. The molecule has 1 saturated carbocycles. The van der Waals surface area contributed by atoms with E-state index in [1.807, 2.05) is 0 Å². The third-order valence-corrected chi connectivity index (χ3v) is 3.02. The van der Waals surface area contributed by atoms with E-state index in [4.69, 9.17) is 5.11 Å². The van der Waals surface area contributed by atoms with Gasteiger partial charge in [-0.15, -0.1) is 0 Å². The first kappa shape index (κ1) is 10.9. The van der Waals surface area contributed by atoms with Gasteiger partial charge in [0, 0.05) is 11.6 Å². The maximum Gasteiger partial charge on any atom is 0.305 e. The number of nitrogens with zero attached hydrogens (tertiary/aromatic N) is 1. The van der Waals surface area contributed by atoms with E-state index in [0.29, 0.717) is 5.57 Å². The van der Waals surface area contributed by atoms with Crippen LogP contribution in [-0.2, 0) is 14.4 Å².